The summed E-state index contributed by atoms with van der Waals surface area (Å²) in [6.45, 7) is 2.10. The molecule has 2 atom stereocenters. The van der Waals surface area contributed by atoms with Gasteiger partial charge in [0, 0.05) is 0 Å². The number of phenols is 1. The minimum atomic E-state index is -0.533. The lowest BCUT2D eigenvalue weighted by Gasteiger charge is -2.18. The van der Waals surface area contributed by atoms with Crippen molar-refractivity contribution in [1.82, 2.24) is 0 Å². The fourth-order valence-electron chi connectivity index (χ4n) is 2.13. The Kier molecular flexibility index (Phi) is 6.36. The van der Waals surface area contributed by atoms with Gasteiger partial charge in [0.15, 0.2) is 0 Å². The second kappa shape index (κ2) is 7.79. The first-order valence-corrected chi connectivity index (χ1v) is 6.68. The third kappa shape index (κ3) is 5.30. The highest BCUT2D eigenvalue weighted by Crippen LogP contribution is 2.19. The van der Waals surface area contributed by atoms with E-state index in [4.69, 9.17) is 5.73 Å². The summed E-state index contributed by atoms with van der Waals surface area (Å²) in [4.78, 5) is 11.3. The normalized spacial score (nSPS) is 13.8. The summed E-state index contributed by atoms with van der Waals surface area (Å²) in [6, 6.07) is 6.69. The van der Waals surface area contributed by atoms with Crippen molar-refractivity contribution in [2.75, 3.05) is 7.11 Å². The zero-order chi connectivity index (χ0) is 14.3. The van der Waals surface area contributed by atoms with Gasteiger partial charge in [-0.3, -0.25) is 4.79 Å². The third-order valence-corrected chi connectivity index (χ3v) is 3.45. The van der Waals surface area contributed by atoms with E-state index in [9.17, 15) is 9.90 Å². The SMILES string of the molecule is CCC(CCc1ccc(O)cc1)CC(N)C(=O)OC. The molecule has 0 fully saturated rings. The van der Waals surface area contributed by atoms with E-state index in [0.29, 0.717) is 12.3 Å². The van der Waals surface area contributed by atoms with Crippen molar-refractivity contribution >= 4 is 5.97 Å². The van der Waals surface area contributed by atoms with E-state index >= 15 is 0 Å². The van der Waals surface area contributed by atoms with Crippen LogP contribution in [0.25, 0.3) is 0 Å². The number of hydrogen-bond acceptors (Lipinski definition) is 4. The Hall–Kier alpha value is -1.55. The molecule has 19 heavy (non-hydrogen) atoms. The van der Waals surface area contributed by atoms with Crippen molar-refractivity contribution in [3.63, 3.8) is 0 Å². The number of benzene rings is 1. The van der Waals surface area contributed by atoms with Crippen molar-refractivity contribution in [2.24, 2.45) is 11.7 Å². The molecule has 0 aromatic heterocycles. The van der Waals surface area contributed by atoms with Gasteiger partial charge in [0.2, 0.25) is 0 Å². The minimum absolute atomic E-state index is 0.281. The number of nitrogens with two attached hydrogens (primary N) is 1. The Balaban J connectivity index is 2.44. The molecular formula is C15H23NO3. The van der Waals surface area contributed by atoms with Gasteiger partial charge in [-0.15, -0.1) is 0 Å². The molecule has 0 saturated heterocycles. The van der Waals surface area contributed by atoms with Gasteiger partial charge in [-0.2, -0.15) is 0 Å². The van der Waals surface area contributed by atoms with Gasteiger partial charge >= 0.3 is 5.97 Å². The van der Waals surface area contributed by atoms with Gasteiger partial charge < -0.3 is 15.6 Å². The molecule has 0 bridgehead atoms. The van der Waals surface area contributed by atoms with Crippen LogP contribution < -0.4 is 5.73 Å². The monoisotopic (exact) mass is 265 g/mol. The molecule has 0 spiro atoms. The Morgan fingerprint density at radius 3 is 2.53 bits per heavy atom. The molecular weight excluding hydrogens is 242 g/mol. The van der Waals surface area contributed by atoms with E-state index in [1.807, 2.05) is 12.1 Å². The molecule has 4 nitrogen and oxygen atoms in total. The van der Waals surface area contributed by atoms with Gasteiger partial charge in [-0.25, -0.2) is 0 Å². The summed E-state index contributed by atoms with van der Waals surface area (Å²) in [5.41, 5.74) is 6.97. The fourth-order valence-corrected chi connectivity index (χ4v) is 2.13. The highest BCUT2D eigenvalue weighted by atomic mass is 16.5. The first kappa shape index (κ1) is 15.5. The van der Waals surface area contributed by atoms with E-state index in [0.717, 1.165) is 19.3 Å². The lowest BCUT2D eigenvalue weighted by Crippen LogP contribution is -2.33. The summed E-state index contributed by atoms with van der Waals surface area (Å²) in [5.74, 6) is 0.342. The van der Waals surface area contributed by atoms with E-state index in [-0.39, 0.29) is 11.7 Å². The lowest BCUT2D eigenvalue weighted by atomic mass is 9.91. The van der Waals surface area contributed by atoms with Crippen molar-refractivity contribution < 1.29 is 14.6 Å². The molecule has 3 N–H and O–H groups in total. The third-order valence-electron chi connectivity index (χ3n) is 3.45. The Morgan fingerprint density at radius 2 is 2.00 bits per heavy atom. The lowest BCUT2D eigenvalue weighted by molar-refractivity contribution is -0.142. The number of carbonyl (C=O) groups is 1. The zero-order valence-corrected chi connectivity index (χ0v) is 11.6. The predicted molar refractivity (Wildman–Crippen MR) is 74.8 cm³/mol. The van der Waals surface area contributed by atoms with E-state index in [1.165, 1.54) is 12.7 Å². The van der Waals surface area contributed by atoms with Crippen LogP contribution in [0.15, 0.2) is 24.3 Å². The fraction of sp³-hybridized carbons (Fsp3) is 0.533. The molecule has 0 saturated carbocycles. The van der Waals surface area contributed by atoms with E-state index < -0.39 is 6.04 Å². The summed E-state index contributed by atoms with van der Waals surface area (Å²) in [6.07, 6.45) is 3.54. The van der Waals surface area contributed by atoms with Crippen molar-refractivity contribution in [3.8, 4) is 5.75 Å². The number of rotatable bonds is 7. The summed E-state index contributed by atoms with van der Waals surface area (Å²) >= 11 is 0. The number of esters is 1. The van der Waals surface area contributed by atoms with Gasteiger partial charge in [0.05, 0.1) is 7.11 Å². The molecule has 1 rings (SSSR count). The molecule has 0 aliphatic rings. The van der Waals surface area contributed by atoms with Crippen LogP contribution in [-0.4, -0.2) is 24.2 Å². The number of phenolic OH excluding ortho intramolecular Hbond substituents is 1. The van der Waals surface area contributed by atoms with E-state index in [1.54, 1.807) is 12.1 Å². The highest BCUT2D eigenvalue weighted by Gasteiger charge is 2.18. The van der Waals surface area contributed by atoms with E-state index in [2.05, 4.69) is 11.7 Å². The van der Waals surface area contributed by atoms with Crippen molar-refractivity contribution in [3.05, 3.63) is 29.8 Å². The van der Waals surface area contributed by atoms with Crippen molar-refractivity contribution in [1.29, 1.82) is 0 Å². The smallest absolute Gasteiger partial charge is 0.322 e. The number of carbonyl (C=O) groups excluding carboxylic acids is 1. The largest absolute Gasteiger partial charge is 0.508 e. The molecule has 0 heterocycles. The molecule has 2 unspecified atom stereocenters. The molecule has 0 amide bonds. The quantitative estimate of drug-likeness (QED) is 0.742. The predicted octanol–water partition coefficient (Wildman–Crippen LogP) is 2.24. The second-order valence-electron chi connectivity index (χ2n) is 4.84. The minimum Gasteiger partial charge on any atom is -0.508 e. The maximum Gasteiger partial charge on any atom is 0.322 e. The van der Waals surface area contributed by atoms with Gasteiger partial charge in [0.1, 0.15) is 11.8 Å². The van der Waals surface area contributed by atoms with Crippen LogP contribution in [0.1, 0.15) is 31.7 Å². The van der Waals surface area contributed by atoms with Crippen LogP contribution in [0.4, 0.5) is 0 Å². The number of aromatic hydroxyl groups is 1. The Morgan fingerprint density at radius 1 is 1.37 bits per heavy atom. The van der Waals surface area contributed by atoms with Crippen LogP contribution in [-0.2, 0) is 16.0 Å². The van der Waals surface area contributed by atoms with Crippen LogP contribution in [0.3, 0.4) is 0 Å². The number of aryl methyl sites for hydroxylation is 1. The number of hydrogen-bond donors (Lipinski definition) is 2. The second-order valence-corrected chi connectivity index (χ2v) is 4.84. The standard InChI is InChI=1S/C15H23NO3/c1-3-11(10-14(16)15(18)19-2)4-5-12-6-8-13(17)9-7-12/h6-9,11,14,17H,3-5,10,16H2,1-2H3. The molecule has 4 heteroatoms. The number of ether oxygens (including phenoxy) is 1. The topological polar surface area (TPSA) is 72.5 Å². The summed E-state index contributed by atoms with van der Waals surface area (Å²) < 4.78 is 4.64. The molecule has 0 radical (unpaired) electrons. The average molecular weight is 265 g/mol. The van der Waals surface area contributed by atoms with Crippen molar-refractivity contribution in [2.45, 2.75) is 38.6 Å². The molecule has 1 aromatic carbocycles. The van der Waals surface area contributed by atoms with Crippen LogP contribution in [0, 0.1) is 5.92 Å². The van der Waals surface area contributed by atoms with Gasteiger partial charge in [-0.1, -0.05) is 25.5 Å². The average Bonchev–Trinajstić information content (AvgIpc) is 2.43. The molecule has 1 aromatic rings. The van der Waals surface area contributed by atoms with Crippen LogP contribution in [0.5, 0.6) is 5.75 Å². The maximum atomic E-state index is 11.3. The molecule has 106 valence electrons. The zero-order valence-electron chi connectivity index (χ0n) is 11.6. The maximum absolute atomic E-state index is 11.3. The first-order valence-electron chi connectivity index (χ1n) is 6.68. The summed E-state index contributed by atoms with van der Waals surface area (Å²) in [7, 11) is 1.36. The Bertz CT molecular complexity index is 389. The Labute approximate surface area is 114 Å². The van der Waals surface area contributed by atoms with Crippen LogP contribution in [0.2, 0.25) is 0 Å². The summed E-state index contributed by atoms with van der Waals surface area (Å²) in [5, 5.41) is 9.22. The van der Waals surface area contributed by atoms with Gasteiger partial charge in [-0.05, 0) is 42.9 Å². The van der Waals surface area contributed by atoms with Crippen LogP contribution >= 0.6 is 0 Å². The van der Waals surface area contributed by atoms with Gasteiger partial charge in [0.25, 0.3) is 0 Å². The number of methoxy groups -OCH3 is 1. The molecule has 0 aliphatic heterocycles. The first-order chi connectivity index (χ1) is 9.06. The highest BCUT2D eigenvalue weighted by molar-refractivity contribution is 5.75. The molecule has 0 aliphatic carbocycles.